The molecule has 0 spiro atoms. The van der Waals surface area contributed by atoms with Crippen LogP contribution in [0.1, 0.15) is 15.9 Å². The molecule has 0 saturated carbocycles. The fraction of sp³-hybridized carbons (Fsp3) is 0.0714. The SMILES string of the molecule is O=C(OCc1ccc(Cl)cc1)c1cc(S)ccc1Cl. The molecule has 0 amide bonds. The average Bonchev–Trinajstić information content (AvgIpc) is 2.40. The Hall–Kier alpha value is -1.16. The standard InChI is InChI=1S/C14H10Cl2O2S/c15-10-3-1-9(2-4-10)8-18-14(17)12-7-11(19)5-6-13(12)16/h1-7,19H,8H2. The van der Waals surface area contributed by atoms with E-state index in [1.807, 2.05) is 0 Å². The number of benzene rings is 2. The van der Waals surface area contributed by atoms with Gasteiger partial charge in [-0.1, -0.05) is 35.3 Å². The van der Waals surface area contributed by atoms with E-state index in [1.54, 1.807) is 42.5 Å². The first kappa shape index (κ1) is 14.3. The van der Waals surface area contributed by atoms with Crippen molar-refractivity contribution >= 4 is 41.8 Å². The van der Waals surface area contributed by atoms with Crippen LogP contribution in [0.15, 0.2) is 47.4 Å². The Morgan fingerprint density at radius 1 is 1.11 bits per heavy atom. The number of esters is 1. The second kappa shape index (κ2) is 6.33. The third-order valence-electron chi connectivity index (χ3n) is 2.45. The number of hydrogen-bond acceptors (Lipinski definition) is 3. The van der Waals surface area contributed by atoms with Gasteiger partial charge in [0, 0.05) is 9.92 Å². The topological polar surface area (TPSA) is 26.3 Å². The van der Waals surface area contributed by atoms with Gasteiger partial charge in [-0.25, -0.2) is 4.79 Å². The molecular weight excluding hydrogens is 303 g/mol. The Morgan fingerprint density at radius 2 is 1.79 bits per heavy atom. The molecule has 2 aromatic carbocycles. The van der Waals surface area contributed by atoms with E-state index >= 15 is 0 Å². The lowest BCUT2D eigenvalue weighted by atomic mass is 10.2. The fourth-order valence-corrected chi connectivity index (χ4v) is 2.00. The zero-order valence-corrected chi connectivity index (χ0v) is 12.2. The second-order valence-electron chi connectivity index (χ2n) is 3.87. The summed E-state index contributed by atoms with van der Waals surface area (Å²) in [6.07, 6.45) is 0. The smallest absolute Gasteiger partial charge is 0.340 e. The van der Waals surface area contributed by atoms with Crippen molar-refractivity contribution < 1.29 is 9.53 Å². The first-order chi connectivity index (χ1) is 9.06. The molecule has 0 atom stereocenters. The lowest BCUT2D eigenvalue weighted by molar-refractivity contribution is 0.0472. The highest BCUT2D eigenvalue weighted by atomic mass is 35.5. The fourth-order valence-electron chi connectivity index (χ4n) is 1.48. The predicted octanol–water partition coefficient (Wildman–Crippen LogP) is 4.64. The van der Waals surface area contributed by atoms with Crippen molar-refractivity contribution in [1.29, 1.82) is 0 Å². The maximum Gasteiger partial charge on any atom is 0.340 e. The first-order valence-corrected chi connectivity index (χ1v) is 6.66. The van der Waals surface area contributed by atoms with Gasteiger partial charge >= 0.3 is 5.97 Å². The summed E-state index contributed by atoms with van der Waals surface area (Å²) < 4.78 is 5.19. The molecule has 0 heterocycles. The number of ether oxygens (including phenoxy) is 1. The largest absolute Gasteiger partial charge is 0.457 e. The third-order valence-corrected chi connectivity index (χ3v) is 3.31. The highest BCUT2D eigenvalue weighted by Crippen LogP contribution is 2.21. The summed E-state index contributed by atoms with van der Waals surface area (Å²) in [6.45, 7) is 0.170. The van der Waals surface area contributed by atoms with Crippen LogP contribution in [0.5, 0.6) is 0 Å². The van der Waals surface area contributed by atoms with Crippen LogP contribution in [0.2, 0.25) is 10.0 Å². The Kier molecular flexibility index (Phi) is 4.75. The number of thiol groups is 1. The number of hydrogen-bond donors (Lipinski definition) is 1. The minimum atomic E-state index is -0.476. The van der Waals surface area contributed by atoms with Gasteiger partial charge in [0.15, 0.2) is 0 Å². The number of carbonyl (C=O) groups excluding carboxylic acids is 1. The summed E-state index contributed by atoms with van der Waals surface area (Å²) in [6, 6.07) is 12.0. The molecule has 98 valence electrons. The van der Waals surface area contributed by atoms with Crippen LogP contribution >= 0.6 is 35.8 Å². The Labute approximate surface area is 126 Å². The number of halogens is 2. The van der Waals surface area contributed by atoms with Crippen molar-refractivity contribution in [2.24, 2.45) is 0 Å². The third kappa shape index (κ3) is 3.90. The average molecular weight is 313 g/mol. The molecule has 5 heteroatoms. The lowest BCUT2D eigenvalue weighted by Crippen LogP contribution is -2.06. The maximum absolute atomic E-state index is 11.9. The van der Waals surface area contributed by atoms with Crippen molar-refractivity contribution in [3.05, 3.63) is 63.6 Å². The monoisotopic (exact) mass is 312 g/mol. The van der Waals surface area contributed by atoms with Crippen molar-refractivity contribution in [3.8, 4) is 0 Å². The van der Waals surface area contributed by atoms with Crippen LogP contribution in [-0.4, -0.2) is 5.97 Å². The molecule has 2 rings (SSSR count). The molecule has 0 aliphatic heterocycles. The van der Waals surface area contributed by atoms with Crippen LogP contribution in [0.25, 0.3) is 0 Å². The molecule has 2 nitrogen and oxygen atoms in total. The van der Waals surface area contributed by atoms with Crippen LogP contribution in [0.3, 0.4) is 0 Å². The summed E-state index contributed by atoms with van der Waals surface area (Å²) in [5, 5.41) is 0.986. The molecule has 0 unspecified atom stereocenters. The minimum Gasteiger partial charge on any atom is -0.457 e. The molecule has 19 heavy (non-hydrogen) atoms. The van der Waals surface area contributed by atoms with Crippen LogP contribution in [0.4, 0.5) is 0 Å². The zero-order valence-electron chi connectivity index (χ0n) is 9.77. The summed E-state index contributed by atoms with van der Waals surface area (Å²) in [5.74, 6) is -0.476. The molecule has 0 N–H and O–H groups in total. The van der Waals surface area contributed by atoms with E-state index in [0.717, 1.165) is 5.56 Å². The van der Waals surface area contributed by atoms with Crippen LogP contribution in [0, 0.1) is 0 Å². The molecular formula is C14H10Cl2O2S. The summed E-state index contributed by atoms with van der Waals surface area (Å²) in [7, 11) is 0. The molecule has 0 bridgehead atoms. The van der Waals surface area contributed by atoms with Gasteiger partial charge in [0.05, 0.1) is 10.6 Å². The van der Waals surface area contributed by atoms with Gasteiger partial charge in [-0.15, -0.1) is 12.6 Å². The zero-order chi connectivity index (χ0) is 13.8. The highest BCUT2D eigenvalue weighted by Gasteiger charge is 2.12. The van der Waals surface area contributed by atoms with Gasteiger partial charge in [0.2, 0.25) is 0 Å². The maximum atomic E-state index is 11.9. The first-order valence-electron chi connectivity index (χ1n) is 5.46. The molecule has 2 aromatic rings. The van der Waals surface area contributed by atoms with E-state index in [0.29, 0.717) is 20.5 Å². The van der Waals surface area contributed by atoms with Crippen LogP contribution in [-0.2, 0) is 11.3 Å². The Balaban J connectivity index is 2.05. The highest BCUT2D eigenvalue weighted by molar-refractivity contribution is 7.80. The van der Waals surface area contributed by atoms with E-state index < -0.39 is 5.97 Å². The molecule has 0 radical (unpaired) electrons. The van der Waals surface area contributed by atoms with Gasteiger partial charge in [-0.2, -0.15) is 0 Å². The molecule has 0 fully saturated rings. The van der Waals surface area contributed by atoms with Gasteiger partial charge < -0.3 is 4.74 Å². The second-order valence-corrected chi connectivity index (χ2v) is 5.23. The van der Waals surface area contributed by atoms with E-state index in [-0.39, 0.29) is 6.61 Å². The number of rotatable bonds is 3. The van der Waals surface area contributed by atoms with Crippen molar-refractivity contribution in [3.63, 3.8) is 0 Å². The summed E-state index contributed by atoms with van der Waals surface area (Å²) >= 11 is 15.9. The van der Waals surface area contributed by atoms with Crippen molar-refractivity contribution in [1.82, 2.24) is 0 Å². The quantitative estimate of drug-likeness (QED) is 0.660. The molecule has 0 aliphatic carbocycles. The van der Waals surface area contributed by atoms with Gasteiger partial charge in [0.1, 0.15) is 6.61 Å². The van der Waals surface area contributed by atoms with Gasteiger partial charge in [-0.05, 0) is 35.9 Å². The van der Waals surface area contributed by atoms with E-state index in [1.165, 1.54) is 0 Å². The minimum absolute atomic E-state index is 0.170. The van der Waals surface area contributed by atoms with Crippen molar-refractivity contribution in [2.45, 2.75) is 11.5 Å². The van der Waals surface area contributed by atoms with Crippen molar-refractivity contribution in [2.75, 3.05) is 0 Å². The predicted molar refractivity (Wildman–Crippen MR) is 79.3 cm³/mol. The lowest BCUT2D eigenvalue weighted by Gasteiger charge is -2.07. The van der Waals surface area contributed by atoms with E-state index in [2.05, 4.69) is 12.6 Å². The van der Waals surface area contributed by atoms with E-state index in [4.69, 9.17) is 27.9 Å². The summed E-state index contributed by atoms with van der Waals surface area (Å²) in [5.41, 5.74) is 1.17. The molecule has 0 aromatic heterocycles. The van der Waals surface area contributed by atoms with Gasteiger partial charge in [-0.3, -0.25) is 0 Å². The van der Waals surface area contributed by atoms with E-state index in [9.17, 15) is 4.79 Å². The number of carbonyl (C=O) groups is 1. The normalized spacial score (nSPS) is 10.3. The molecule has 0 aliphatic rings. The Morgan fingerprint density at radius 3 is 2.47 bits per heavy atom. The Bertz CT molecular complexity index is 597. The van der Waals surface area contributed by atoms with Gasteiger partial charge in [0.25, 0.3) is 0 Å². The van der Waals surface area contributed by atoms with Crippen LogP contribution < -0.4 is 0 Å². The summed E-state index contributed by atoms with van der Waals surface area (Å²) in [4.78, 5) is 12.5. The molecule has 0 saturated heterocycles.